The Morgan fingerprint density at radius 2 is 1.90 bits per heavy atom. The van der Waals surface area contributed by atoms with Gasteiger partial charge < -0.3 is 11.1 Å². The molecule has 0 aliphatic heterocycles. The molecular formula is C17H26N2O. The molecule has 1 fully saturated rings. The average Bonchev–Trinajstić information content (AvgIpc) is 2.70. The van der Waals surface area contributed by atoms with Crippen molar-refractivity contribution in [2.24, 2.45) is 5.92 Å². The predicted molar refractivity (Wildman–Crippen MR) is 83.7 cm³/mol. The van der Waals surface area contributed by atoms with Crippen LogP contribution < -0.4 is 11.1 Å². The molecule has 0 saturated heterocycles. The summed E-state index contributed by atoms with van der Waals surface area (Å²) in [6.45, 7) is 4.07. The fraction of sp³-hybridized carbons (Fsp3) is 0.588. The molecule has 1 saturated carbocycles. The number of anilines is 1. The molecule has 0 unspecified atom stereocenters. The van der Waals surface area contributed by atoms with E-state index in [-0.39, 0.29) is 11.9 Å². The van der Waals surface area contributed by atoms with Crippen LogP contribution in [0.1, 0.15) is 61.4 Å². The maximum atomic E-state index is 12.3. The van der Waals surface area contributed by atoms with E-state index >= 15 is 0 Å². The Morgan fingerprint density at radius 1 is 1.25 bits per heavy atom. The predicted octanol–water partition coefficient (Wildman–Crippen LogP) is 3.67. The van der Waals surface area contributed by atoms with Crippen LogP contribution in [0.15, 0.2) is 18.2 Å². The van der Waals surface area contributed by atoms with Crippen LogP contribution >= 0.6 is 0 Å². The number of hydrogen-bond acceptors (Lipinski definition) is 2. The molecule has 1 atom stereocenters. The number of carbonyl (C=O) groups is 1. The molecule has 1 aliphatic rings. The topological polar surface area (TPSA) is 55.1 Å². The summed E-state index contributed by atoms with van der Waals surface area (Å²) in [6.07, 6.45) is 7.75. The van der Waals surface area contributed by atoms with Gasteiger partial charge in [-0.05, 0) is 56.4 Å². The van der Waals surface area contributed by atoms with Gasteiger partial charge in [-0.25, -0.2) is 0 Å². The van der Waals surface area contributed by atoms with E-state index in [4.69, 9.17) is 5.73 Å². The average molecular weight is 274 g/mol. The van der Waals surface area contributed by atoms with Crippen LogP contribution in [0.25, 0.3) is 0 Å². The third kappa shape index (κ3) is 3.75. The minimum absolute atomic E-state index is 0.0184. The zero-order valence-electron chi connectivity index (χ0n) is 12.6. The number of aryl methyl sites for hydroxylation is 1. The zero-order chi connectivity index (χ0) is 14.5. The minimum atomic E-state index is 0.0184. The highest BCUT2D eigenvalue weighted by Gasteiger charge is 2.21. The highest BCUT2D eigenvalue weighted by molar-refractivity contribution is 5.95. The molecule has 0 aromatic heterocycles. The Bertz CT molecular complexity index is 462. The smallest absolute Gasteiger partial charge is 0.251 e. The normalized spacial score (nSPS) is 18.3. The van der Waals surface area contributed by atoms with Crippen molar-refractivity contribution < 1.29 is 4.79 Å². The lowest BCUT2D eigenvalue weighted by molar-refractivity contribution is 0.0924. The molecule has 0 bridgehead atoms. The van der Waals surface area contributed by atoms with Gasteiger partial charge in [0.25, 0.3) is 5.91 Å². The fourth-order valence-electron chi connectivity index (χ4n) is 3.04. The summed E-state index contributed by atoms with van der Waals surface area (Å²) in [5.74, 6) is 0.640. The van der Waals surface area contributed by atoms with Gasteiger partial charge in [-0.15, -0.1) is 0 Å². The van der Waals surface area contributed by atoms with Gasteiger partial charge in [-0.2, -0.15) is 0 Å². The van der Waals surface area contributed by atoms with Gasteiger partial charge in [0.2, 0.25) is 0 Å². The van der Waals surface area contributed by atoms with Crippen molar-refractivity contribution in [2.75, 3.05) is 5.73 Å². The Morgan fingerprint density at radius 3 is 2.50 bits per heavy atom. The van der Waals surface area contributed by atoms with E-state index in [1.165, 1.54) is 38.5 Å². The Balaban J connectivity index is 1.97. The van der Waals surface area contributed by atoms with Gasteiger partial charge in [-0.3, -0.25) is 4.79 Å². The first-order valence-electron chi connectivity index (χ1n) is 7.75. The summed E-state index contributed by atoms with van der Waals surface area (Å²) in [4.78, 5) is 12.3. The SMILES string of the molecule is Cc1cc(C(=O)N[C@@H](C)C2CCCCCC2)ccc1N. The van der Waals surface area contributed by atoms with E-state index in [0.29, 0.717) is 11.5 Å². The fourth-order valence-corrected chi connectivity index (χ4v) is 3.04. The first-order valence-corrected chi connectivity index (χ1v) is 7.75. The second kappa shape index (κ2) is 6.78. The molecular weight excluding hydrogens is 248 g/mol. The van der Waals surface area contributed by atoms with Crippen LogP contribution in [0.4, 0.5) is 5.69 Å². The Hall–Kier alpha value is -1.51. The van der Waals surface area contributed by atoms with Crippen molar-refractivity contribution in [2.45, 2.75) is 58.4 Å². The largest absolute Gasteiger partial charge is 0.399 e. The first kappa shape index (κ1) is 14.9. The van der Waals surface area contributed by atoms with Gasteiger partial charge in [-0.1, -0.05) is 25.7 Å². The number of nitrogens with two attached hydrogens (primary N) is 1. The summed E-state index contributed by atoms with van der Waals surface area (Å²) in [6, 6.07) is 5.72. The minimum Gasteiger partial charge on any atom is -0.399 e. The molecule has 1 aromatic rings. The number of nitrogens with one attached hydrogen (secondary N) is 1. The Kier molecular flexibility index (Phi) is 5.05. The van der Waals surface area contributed by atoms with Crippen molar-refractivity contribution in [3.8, 4) is 0 Å². The third-order valence-corrected chi connectivity index (χ3v) is 4.50. The van der Waals surface area contributed by atoms with Gasteiger partial charge in [0.1, 0.15) is 0 Å². The third-order valence-electron chi connectivity index (χ3n) is 4.50. The molecule has 110 valence electrons. The summed E-state index contributed by atoms with van der Waals surface area (Å²) in [7, 11) is 0. The van der Waals surface area contributed by atoms with Crippen LogP contribution in [0.3, 0.4) is 0 Å². The van der Waals surface area contributed by atoms with Crippen molar-refractivity contribution in [1.29, 1.82) is 0 Å². The molecule has 1 amide bonds. The summed E-state index contributed by atoms with van der Waals surface area (Å²) in [5.41, 5.74) is 8.19. The molecule has 0 spiro atoms. The summed E-state index contributed by atoms with van der Waals surface area (Å²) >= 11 is 0. The molecule has 3 N–H and O–H groups in total. The molecule has 2 rings (SSSR count). The first-order chi connectivity index (χ1) is 9.58. The molecule has 0 radical (unpaired) electrons. The van der Waals surface area contributed by atoms with Gasteiger partial charge >= 0.3 is 0 Å². The number of hydrogen-bond donors (Lipinski definition) is 2. The second-order valence-corrected chi connectivity index (χ2v) is 6.09. The number of amides is 1. The van der Waals surface area contributed by atoms with Crippen LogP contribution in [-0.4, -0.2) is 11.9 Å². The second-order valence-electron chi connectivity index (χ2n) is 6.09. The number of carbonyl (C=O) groups excluding carboxylic acids is 1. The van der Waals surface area contributed by atoms with E-state index in [1.54, 1.807) is 12.1 Å². The maximum Gasteiger partial charge on any atom is 0.251 e. The van der Waals surface area contributed by atoms with Gasteiger partial charge in [0.05, 0.1) is 0 Å². The monoisotopic (exact) mass is 274 g/mol. The molecule has 20 heavy (non-hydrogen) atoms. The lowest BCUT2D eigenvalue weighted by Crippen LogP contribution is -2.38. The number of nitrogen functional groups attached to an aromatic ring is 1. The van der Waals surface area contributed by atoms with E-state index in [2.05, 4.69) is 12.2 Å². The highest BCUT2D eigenvalue weighted by atomic mass is 16.1. The van der Waals surface area contributed by atoms with E-state index in [1.807, 2.05) is 13.0 Å². The molecule has 0 heterocycles. The van der Waals surface area contributed by atoms with Crippen molar-refractivity contribution in [3.63, 3.8) is 0 Å². The quantitative estimate of drug-likeness (QED) is 0.652. The zero-order valence-corrected chi connectivity index (χ0v) is 12.6. The highest BCUT2D eigenvalue weighted by Crippen LogP contribution is 2.25. The van der Waals surface area contributed by atoms with E-state index < -0.39 is 0 Å². The van der Waals surface area contributed by atoms with E-state index in [0.717, 1.165) is 11.3 Å². The van der Waals surface area contributed by atoms with Gasteiger partial charge in [0, 0.05) is 17.3 Å². The molecule has 3 heteroatoms. The Labute approximate surface area is 121 Å². The van der Waals surface area contributed by atoms with Crippen molar-refractivity contribution in [1.82, 2.24) is 5.32 Å². The molecule has 1 aliphatic carbocycles. The van der Waals surface area contributed by atoms with Crippen LogP contribution in [0, 0.1) is 12.8 Å². The summed E-state index contributed by atoms with van der Waals surface area (Å²) in [5, 5.41) is 3.16. The molecule has 3 nitrogen and oxygen atoms in total. The van der Waals surface area contributed by atoms with Crippen molar-refractivity contribution >= 4 is 11.6 Å². The van der Waals surface area contributed by atoms with Crippen LogP contribution in [0.5, 0.6) is 0 Å². The standard InChI is InChI=1S/C17H26N2O/c1-12-11-15(9-10-16(12)18)17(20)19-13(2)14-7-5-3-4-6-8-14/h9-11,13-14H,3-8,18H2,1-2H3,(H,19,20)/t13-/m0/s1. The lowest BCUT2D eigenvalue weighted by atomic mass is 9.93. The van der Waals surface area contributed by atoms with Crippen molar-refractivity contribution in [3.05, 3.63) is 29.3 Å². The molecule has 1 aromatic carbocycles. The van der Waals surface area contributed by atoms with Gasteiger partial charge in [0.15, 0.2) is 0 Å². The van der Waals surface area contributed by atoms with E-state index in [9.17, 15) is 4.79 Å². The summed E-state index contributed by atoms with van der Waals surface area (Å²) < 4.78 is 0. The maximum absolute atomic E-state index is 12.3. The lowest BCUT2D eigenvalue weighted by Gasteiger charge is -2.23. The van der Waals surface area contributed by atoms with Crippen LogP contribution in [-0.2, 0) is 0 Å². The number of rotatable bonds is 3. The van der Waals surface area contributed by atoms with Crippen LogP contribution in [0.2, 0.25) is 0 Å². The number of benzene rings is 1.